The maximum absolute atomic E-state index is 5.60. The summed E-state index contributed by atoms with van der Waals surface area (Å²) in [5, 5.41) is 12.3. The number of nitrogens with zero attached hydrogens (tertiary/aromatic N) is 5. The third kappa shape index (κ3) is 1.59. The third-order valence-corrected chi connectivity index (χ3v) is 2.21. The van der Waals surface area contributed by atoms with E-state index in [1.165, 1.54) is 17.7 Å². The van der Waals surface area contributed by atoms with Crippen LogP contribution >= 0.6 is 22.9 Å². The van der Waals surface area contributed by atoms with E-state index in [2.05, 4.69) is 20.3 Å². The summed E-state index contributed by atoms with van der Waals surface area (Å²) < 4.78 is 2.11. The molecule has 12 heavy (non-hydrogen) atoms. The van der Waals surface area contributed by atoms with Crippen LogP contribution in [0.15, 0.2) is 12.7 Å². The average Bonchev–Trinajstić information content (AvgIpc) is 2.63. The smallest absolute Gasteiger partial charge is 0.207 e. The normalized spacial score (nSPS) is 10.4. The number of hydrogen-bond acceptors (Lipinski definition) is 5. The van der Waals surface area contributed by atoms with E-state index in [1.54, 1.807) is 11.0 Å². The van der Waals surface area contributed by atoms with Gasteiger partial charge in [-0.1, -0.05) is 11.3 Å². The van der Waals surface area contributed by atoms with Crippen LogP contribution < -0.4 is 0 Å². The lowest BCUT2D eigenvalue weighted by molar-refractivity contribution is 0.675. The highest BCUT2D eigenvalue weighted by Gasteiger charge is 2.01. The van der Waals surface area contributed by atoms with Crippen molar-refractivity contribution in [2.24, 2.45) is 0 Å². The molecule has 2 rings (SSSR count). The average molecular weight is 202 g/mol. The Bertz CT molecular complexity index is 356. The third-order valence-electron chi connectivity index (χ3n) is 1.21. The first kappa shape index (κ1) is 7.63. The first-order chi connectivity index (χ1) is 5.84. The maximum atomic E-state index is 5.60. The van der Waals surface area contributed by atoms with Gasteiger partial charge in [0.05, 0.1) is 6.54 Å². The Balaban J connectivity index is 2.14. The fourth-order valence-corrected chi connectivity index (χ4v) is 1.61. The second kappa shape index (κ2) is 3.16. The van der Waals surface area contributed by atoms with E-state index < -0.39 is 0 Å². The lowest BCUT2D eigenvalue weighted by Crippen LogP contribution is -1.99. The van der Waals surface area contributed by atoms with Crippen molar-refractivity contribution in [1.82, 2.24) is 25.0 Å². The zero-order chi connectivity index (χ0) is 8.39. The van der Waals surface area contributed by atoms with Gasteiger partial charge < -0.3 is 0 Å². The van der Waals surface area contributed by atoms with Gasteiger partial charge >= 0.3 is 0 Å². The molecule has 0 N–H and O–H groups in total. The Hall–Kier alpha value is -1.01. The van der Waals surface area contributed by atoms with Crippen LogP contribution in [0.4, 0.5) is 0 Å². The molecule has 0 radical (unpaired) electrons. The highest BCUT2D eigenvalue weighted by Crippen LogP contribution is 2.14. The highest BCUT2D eigenvalue weighted by atomic mass is 35.5. The van der Waals surface area contributed by atoms with Crippen molar-refractivity contribution in [3.05, 3.63) is 22.1 Å². The lowest BCUT2D eigenvalue weighted by Gasteiger charge is -1.91. The van der Waals surface area contributed by atoms with Gasteiger partial charge in [0.1, 0.15) is 17.7 Å². The Labute approximate surface area is 77.0 Å². The minimum atomic E-state index is 0.449. The van der Waals surface area contributed by atoms with Crippen molar-refractivity contribution in [1.29, 1.82) is 0 Å². The van der Waals surface area contributed by atoms with E-state index in [-0.39, 0.29) is 0 Å². The van der Waals surface area contributed by atoms with E-state index in [9.17, 15) is 0 Å². The van der Waals surface area contributed by atoms with Crippen molar-refractivity contribution >= 4 is 22.9 Å². The van der Waals surface area contributed by atoms with Crippen LogP contribution in [0.5, 0.6) is 0 Å². The fraction of sp³-hybridized carbons (Fsp3) is 0.200. The van der Waals surface area contributed by atoms with Crippen LogP contribution in [-0.2, 0) is 6.54 Å². The van der Waals surface area contributed by atoms with Crippen LogP contribution in [0, 0.1) is 0 Å². The van der Waals surface area contributed by atoms with Crippen molar-refractivity contribution in [2.45, 2.75) is 6.54 Å². The van der Waals surface area contributed by atoms with Gasteiger partial charge in [-0.2, -0.15) is 5.10 Å². The molecule has 0 aliphatic carbocycles. The molecule has 0 saturated heterocycles. The predicted octanol–water partition coefficient (Wildman–Crippen LogP) is 0.831. The molecule has 0 atom stereocenters. The molecule has 0 bridgehead atoms. The van der Waals surface area contributed by atoms with Gasteiger partial charge in [-0.25, -0.2) is 9.67 Å². The molecule has 0 fully saturated rings. The number of halogens is 1. The van der Waals surface area contributed by atoms with E-state index >= 15 is 0 Å². The van der Waals surface area contributed by atoms with Crippen molar-refractivity contribution in [3.8, 4) is 0 Å². The topological polar surface area (TPSA) is 56.5 Å². The molecule has 0 saturated carbocycles. The molecule has 0 aromatic carbocycles. The molecule has 2 heterocycles. The second-order valence-corrected chi connectivity index (χ2v) is 3.69. The highest BCUT2D eigenvalue weighted by molar-refractivity contribution is 7.15. The van der Waals surface area contributed by atoms with Gasteiger partial charge in [0, 0.05) is 0 Å². The van der Waals surface area contributed by atoms with E-state index in [0.717, 1.165) is 5.01 Å². The van der Waals surface area contributed by atoms with Crippen LogP contribution in [0.2, 0.25) is 4.47 Å². The summed E-state index contributed by atoms with van der Waals surface area (Å²) >= 11 is 6.94. The molecule has 0 aliphatic heterocycles. The molecule has 0 aliphatic rings. The van der Waals surface area contributed by atoms with E-state index in [4.69, 9.17) is 11.6 Å². The van der Waals surface area contributed by atoms with Gasteiger partial charge in [-0.3, -0.25) is 0 Å². The molecule has 5 nitrogen and oxygen atoms in total. The fourth-order valence-electron chi connectivity index (χ4n) is 0.750. The van der Waals surface area contributed by atoms with Crippen molar-refractivity contribution in [3.63, 3.8) is 0 Å². The van der Waals surface area contributed by atoms with Gasteiger partial charge in [-0.05, 0) is 11.6 Å². The Morgan fingerprint density at radius 2 is 2.42 bits per heavy atom. The van der Waals surface area contributed by atoms with Crippen LogP contribution in [-0.4, -0.2) is 25.0 Å². The first-order valence-corrected chi connectivity index (χ1v) is 4.34. The first-order valence-electron chi connectivity index (χ1n) is 3.15. The quantitative estimate of drug-likeness (QED) is 0.722. The molecular formula is C5H4ClN5S. The second-order valence-electron chi connectivity index (χ2n) is 2.04. The molecular weight excluding hydrogens is 198 g/mol. The zero-order valence-corrected chi connectivity index (χ0v) is 7.46. The predicted molar refractivity (Wildman–Crippen MR) is 44.0 cm³/mol. The minimum Gasteiger partial charge on any atom is -0.246 e. The SMILES string of the molecule is Clc1nnc(Cn2cncn2)s1. The summed E-state index contributed by atoms with van der Waals surface area (Å²) in [6.45, 7) is 0.574. The Morgan fingerprint density at radius 3 is 3.00 bits per heavy atom. The van der Waals surface area contributed by atoms with Crippen LogP contribution in [0.25, 0.3) is 0 Å². The van der Waals surface area contributed by atoms with Crippen LogP contribution in [0.1, 0.15) is 5.01 Å². The van der Waals surface area contributed by atoms with Gasteiger partial charge in [0.15, 0.2) is 0 Å². The molecule has 0 amide bonds. The standard InChI is InChI=1S/C5H4ClN5S/c6-5-10-9-4(12-5)1-11-3-7-2-8-11/h2-3H,1H2. The summed E-state index contributed by atoms with van der Waals surface area (Å²) in [6.07, 6.45) is 3.10. The van der Waals surface area contributed by atoms with Crippen LogP contribution in [0.3, 0.4) is 0 Å². The van der Waals surface area contributed by atoms with Gasteiger partial charge in [0.25, 0.3) is 0 Å². The maximum Gasteiger partial charge on any atom is 0.207 e. The summed E-state index contributed by atoms with van der Waals surface area (Å²) in [4.78, 5) is 3.80. The molecule has 7 heteroatoms. The molecule has 62 valence electrons. The van der Waals surface area contributed by atoms with Gasteiger partial charge in [0.2, 0.25) is 4.47 Å². The monoisotopic (exact) mass is 201 g/mol. The number of aromatic nitrogens is 5. The molecule has 0 spiro atoms. The van der Waals surface area contributed by atoms with E-state index in [0.29, 0.717) is 11.0 Å². The Kier molecular flexibility index (Phi) is 2.01. The zero-order valence-electron chi connectivity index (χ0n) is 5.88. The van der Waals surface area contributed by atoms with Crippen molar-refractivity contribution < 1.29 is 0 Å². The molecule has 2 aromatic rings. The largest absolute Gasteiger partial charge is 0.246 e. The van der Waals surface area contributed by atoms with Gasteiger partial charge in [-0.15, -0.1) is 10.2 Å². The Morgan fingerprint density at radius 1 is 1.50 bits per heavy atom. The molecule has 2 aromatic heterocycles. The summed E-state index contributed by atoms with van der Waals surface area (Å²) in [5.74, 6) is 0. The molecule has 0 unspecified atom stereocenters. The lowest BCUT2D eigenvalue weighted by atomic mass is 10.7. The summed E-state index contributed by atoms with van der Waals surface area (Å²) in [7, 11) is 0. The summed E-state index contributed by atoms with van der Waals surface area (Å²) in [5.41, 5.74) is 0. The summed E-state index contributed by atoms with van der Waals surface area (Å²) in [6, 6.07) is 0. The van der Waals surface area contributed by atoms with E-state index in [1.807, 2.05) is 0 Å². The number of hydrogen-bond donors (Lipinski definition) is 0. The minimum absolute atomic E-state index is 0.449. The number of rotatable bonds is 2. The van der Waals surface area contributed by atoms with Crippen molar-refractivity contribution in [2.75, 3.05) is 0 Å².